The Bertz CT molecular complexity index is 457. The molecule has 16 heavy (non-hydrogen) atoms. The Labute approximate surface area is 90.4 Å². The molecule has 0 saturated heterocycles. The van der Waals surface area contributed by atoms with E-state index in [0.29, 0.717) is 0 Å². The molecule has 5 nitrogen and oxygen atoms in total. The number of nitro groups is 1. The number of hydrogen-bond acceptors (Lipinski definition) is 3. The van der Waals surface area contributed by atoms with Gasteiger partial charge in [0.2, 0.25) is 0 Å². The van der Waals surface area contributed by atoms with Gasteiger partial charge in [0.15, 0.2) is 0 Å². The molecule has 84 valence electrons. The normalized spacial score (nSPS) is 14.6. The van der Waals surface area contributed by atoms with E-state index in [2.05, 4.69) is 5.32 Å². The Morgan fingerprint density at radius 1 is 1.50 bits per heavy atom. The molecule has 1 aromatic rings. The summed E-state index contributed by atoms with van der Waals surface area (Å²) in [4.78, 5) is 21.5. The fourth-order valence-electron chi connectivity index (χ4n) is 1.34. The summed E-state index contributed by atoms with van der Waals surface area (Å²) in [5, 5.41) is 13.3. The Morgan fingerprint density at radius 3 is 2.75 bits per heavy atom. The predicted molar refractivity (Wildman–Crippen MR) is 53.5 cm³/mol. The van der Waals surface area contributed by atoms with Crippen molar-refractivity contribution in [1.82, 2.24) is 5.32 Å². The highest BCUT2D eigenvalue weighted by Crippen LogP contribution is 2.23. The molecule has 1 aliphatic rings. The monoisotopic (exact) mass is 224 g/mol. The number of carbonyl (C=O) groups is 1. The van der Waals surface area contributed by atoms with Crippen LogP contribution >= 0.6 is 0 Å². The van der Waals surface area contributed by atoms with Gasteiger partial charge in [-0.2, -0.15) is 0 Å². The van der Waals surface area contributed by atoms with Gasteiger partial charge < -0.3 is 5.32 Å². The zero-order chi connectivity index (χ0) is 11.7. The summed E-state index contributed by atoms with van der Waals surface area (Å²) in [5.74, 6) is -1.25. The van der Waals surface area contributed by atoms with Crippen molar-refractivity contribution in [1.29, 1.82) is 0 Å². The maximum Gasteiger partial charge on any atom is 0.285 e. The first-order valence-corrected chi connectivity index (χ1v) is 4.83. The molecule has 1 aromatic carbocycles. The van der Waals surface area contributed by atoms with Gasteiger partial charge in [0.05, 0.1) is 11.0 Å². The van der Waals surface area contributed by atoms with E-state index in [-0.39, 0.29) is 11.6 Å². The number of nitro benzene ring substituents is 1. The van der Waals surface area contributed by atoms with Crippen molar-refractivity contribution in [2.24, 2.45) is 0 Å². The van der Waals surface area contributed by atoms with E-state index in [1.54, 1.807) is 0 Å². The molecule has 1 saturated carbocycles. The maximum absolute atomic E-state index is 12.8. The van der Waals surface area contributed by atoms with Crippen LogP contribution in [-0.2, 0) is 0 Å². The number of benzene rings is 1. The van der Waals surface area contributed by atoms with Crippen LogP contribution < -0.4 is 5.32 Å². The summed E-state index contributed by atoms with van der Waals surface area (Å²) >= 11 is 0. The van der Waals surface area contributed by atoms with Gasteiger partial charge in [0, 0.05) is 6.04 Å². The fraction of sp³-hybridized carbons (Fsp3) is 0.300. The van der Waals surface area contributed by atoms with Crippen molar-refractivity contribution >= 4 is 11.6 Å². The van der Waals surface area contributed by atoms with Crippen LogP contribution in [0, 0.1) is 15.9 Å². The molecule has 0 spiro atoms. The minimum atomic E-state index is -0.759. The number of nitrogens with zero attached hydrogens (tertiary/aromatic N) is 1. The lowest BCUT2D eigenvalue weighted by atomic mass is 10.1. The SMILES string of the molecule is O=C(NC1CC1)c1ccc(F)cc1[N+](=O)[O-]. The van der Waals surface area contributed by atoms with Crippen LogP contribution in [0.5, 0.6) is 0 Å². The van der Waals surface area contributed by atoms with Crippen LogP contribution in [0.3, 0.4) is 0 Å². The number of rotatable bonds is 3. The van der Waals surface area contributed by atoms with Crippen molar-refractivity contribution in [3.05, 3.63) is 39.7 Å². The lowest BCUT2D eigenvalue weighted by Crippen LogP contribution is -2.26. The van der Waals surface area contributed by atoms with E-state index in [1.165, 1.54) is 0 Å². The number of halogens is 1. The van der Waals surface area contributed by atoms with Gasteiger partial charge in [0.25, 0.3) is 11.6 Å². The first-order chi connectivity index (χ1) is 7.58. The van der Waals surface area contributed by atoms with Crippen LogP contribution in [0.1, 0.15) is 23.2 Å². The van der Waals surface area contributed by atoms with Crippen LogP contribution in [0.25, 0.3) is 0 Å². The zero-order valence-corrected chi connectivity index (χ0v) is 8.27. The van der Waals surface area contributed by atoms with Crippen molar-refractivity contribution in [3.63, 3.8) is 0 Å². The van der Waals surface area contributed by atoms with Gasteiger partial charge in [-0.3, -0.25) is 14.9 Å². The quantitative estimate of drug-likeness (QED) is 0.626. The van der Waals surface area contributed by atoms with Crippen molar-refractivity contribution < 1.29 is 14.1 Å². The highest BCUT2D eigenvalue weighted by Gasteiger charge is 2.27. The molecule has 0 heterocycles. The first-order valence-electron chi connectivity index (χ1n) is 4.83. The minimum Gasteiger partial charge on any atom is -0.349 e. The largest absolute Gasteiger partial charge is 0.349 e. The summed E-state index contributed by atoms with van der Waals surface area (Å²) < 4.78 is 12.8. The van der Waals surface area contributed by atoms with E-state index < -0.39 is 22.3 Å². The Kier molecular flexibility index (Phi) is 2.55. The lowest BCUT2D eigenvalue weighted by molar-refractivity contribution is -0.385. The average Bonchev–Trinajstić information content (AvgIpc) is 3.01. The second-order valence-electron chi connectivity index (χ2n) is 3.67. The number of amides is 1. The van der Waals surface area contributed by atoms with E-state index >= 15 is 0 Å². The topological polar surface area (TPSA) is 72.2 Å². The third-order valence-corrected chi connectivity index (χ3v) is 2.31. The summed E-state index contributed by atoms with van der Waals surface area (Å²) in [6.07, 6.45) is 1.78. The summed E-state index contributed by atoms with van der Waals surface area (Å²) in [6, 6.07) is 3.03. The molecule has 1 N–H and O–H groups in total. The molecule has 0 radical (unpaired) electrons. The number of carbonyl (C=O) groups excluding carboxylic acids is 1. The van der Waals surface area contributed by atoms with E-state index in [4.69, 9.17) is 0 Å². The second-order valence-corrected chi connectivity index (χ2v) is 3.67. The molecular weight excluding hydrogens is 215 g/mol. The Hall–Kier alpha value is -1.98. The molecular formula is C10H9FN2O3. The minimum absolute atomic E-state index is 0.0988. The van der Waals surface area contributed by atoms with E-state index in [9.17, 15) is 19.3 Å². The summed E-state index contributed by atoms with van der Waals surface area (Å²) in [5.41, 5.74) is -0.601. The van der Waals surface area contributed by atoms with Gasteiger partial charge in [-0.15, -0.1) is 0 Å². The highest BCUT2D eigenvalue weighted by molar-refractivity contribution is 5.98. The first kappa shape index (κ1) is 10.5. The molecule has 0 aromatic heterocycles. The van der Waals surface area contributed by atoms with Gasteiger partial charge in [-0.25, -0.2) is 4.39 Å². The van der Waals surface area contributed by atoms with Gasteiger partial charge >= 0.3 is 0 Å². The molecule has 1 amide bonds. The molecule has 0 bridgehead atoms. The van der Waals surface area contributed by atoms with E-state index in [1.807, 2.05) is 0 Å². The Balaban J connectivity index is 2.30. The molecule has 0 aliphatic heterocycles. The number of nitrogens with one attached hydrogen (secondary N) is 1. The standard InChI is InChI=1S/C10H9FN2O3/c11-6-1-4-8(9(5-6)13(15)16)10(14)12-7-2-3-7/h1,4-5,7H,2-3H2,(H,12,14). The van der Waals surface area contributed by atoms with Crippen LogP contribution in [0.4, 0.5) is 10.1 Å². The van der Waals surface area contributed by atoms with Crippen LogP contribution in [-0.4, -0.2) is 16.9 Å². The molecule has 0 atom stereocenters. The van der Waals surface area contributed by atoms with Crippen LogP contribution in [0.15, 0.2) is 18.2 Å². The molecule has 0 unspecified atom stereocenters. The third-order valence-electron chi connectivity index (χ3n) is 2.31. The zero-order valence-electron chi connectivity index (χ0n) is 8.27. The predicted octanol–water partition coefficient (Wildman–Crippen LogP) is 1.63. The summed E-state index contributed by atoms with van der Waals surface area (Å²) in [6.45, 7) is 0. The fourth-order valence-corrected chi connectivity index (χ4v) is 1.34. The molecule has 1 fully saturated rings. The lowest BCUT2D eigenvalue weighted by Gasteiger charge is -2.03. The molecule has 2 rings (SSSR count). The highest BCUT2D eigenvalue weighted by atomic mass is 19.1. The second kappa shape index (κ2) is 3.88. The molecule has 1 aliphatic carbocycles. The Morgan fingerprint density at radius 2 is 2.19 bits per heavy atom. The number of hydrogen-bond donors (Lipinski definition) is 1. The maximum atomic E-state index is 12.8. The van der Waals surface area contributed by atoms with Gasteiger partial charge in [-0.05, 0) is 25.0 Å². The average molecular weight is 224 g/mol. The van der Waals surface area contributed by atoms with Gasteiger partial charge in [-0.1, -0.05) is 0 Å². The van der Waals surface area contributed by atoms with E-state index in [0.717, 1.165) is 31.0 Å². The van der Waals surface area contributed by atoms with Crippen LogP contribution in [0.2, 0.25) is 0 Å². The smallest absolute Gasteiger partial charge is 0.285 e. The van der Waals surface area contributed by atoms with Crippen molar-refractivity contribution in [2.45, 2.75) is 18.9 Å². The van der Waals surface area contributed by atoms with Gasteiger partial charge in [0.1, 0.15) is 11.4 Å². The van der Waals surface area contributed by atoms with Crippen molar-refractivity contribution in [2.75, 3.05) is 0 Å². The molecule has 6 heteroatoms. The van der Waals surface area contributed by atoms with Crippen molar-refractivity contribution in [3.8, 4) is 0 Å². The third kappa shape index (κ3) is 2.16. The summed E-state index contributed by atoms with van der Waals surface area (Å²) in [7, 11) is 0.